The molecule has 3 heterocycles. The highest BCUT2D eigenvalue weighted by Crippen LogP contribution is 2.33. The molecule has 7 heteroatoms. The summed E-state index contributed by atoms with van der Waals surface area (Å²) in [6, 6.07) is 5.77. The van der Waals surface area contributed by atoms with Crippen LogP contribution in [0.25, 0.3) is 11.0 Å². The van der Waals surface area contributed by atoms with Crippen molar-refractivity contribution < 1.29 is 14.6 Å². The van der Waals surface area contributed by atoms with E-state index in [1.807, 2.05) is 32.0 Å². The minimum Gasteiger partial charge on any atom is -0.335 e. The first-order chi connectivity index (χ1) is 12.5. The van der Waals surface area contributed by atoms with Crippen molar-refractivity contribution in [3.63, 3.8) is 0 Å². The lowest BCUT2D eigenvalue weighted by Crippen LogP contribution is -2.21. The van der Waals surface area contributed by atoms with Gasteiger partial charge in [-0.05, 0) is 44.5 Å². The highest BCUT2D eigenvalue weighted by molar-refractivity contribution is 7.98. The average Bonchev–Trinajstić information content (AvgIpc) is 3.00. The van der Waals surface area contributed by atoms with Crippen LogP contribution >= 0.6 is 11.8 Å². The smallest absolute Gasteiger partial charge is 0.190 e. The SMILES string of the molecule is CC(=O)c1cc2nc(SCc3nccc4c3OOC(C)C4)[nH]c2cc1C. The van der Waals surface area contributed by atoms with Crippen LogP contribution in [-0.2, 0) is 17.1 Å². The Labute approximate surface area is 155 Å². The van der Waals surface area contributed by atoms with E-state index in [9.17, 15) is 4.79 Å². The molecule has 3 aromatic rings. The number of aromatic nitrogens is 3. The third-order valence-corrected chi connectivity index (χ3v) is 5.28. The summed E-state index contributed by atoms with van der Waals surface area (Å²) in [6.07, 6.45) is 2.66. The molecule has 0 aliphatic carbocycles. The molecule has 4 rings (SSSR count). The number of ketones is 1. The monoisotopic (exact) mass is 369 g/mol. The lowest BCUT2D eigenvalue weighted by Gasteiger charge is -2.22. The molecule has 26 heavy (non-hydrogen) atoms. The molecule has 0 radical (unpaired) electrons. The van der Waals surface area contributed by atoms with E-state index in [4.69, 9.17) is 9.78 Å². The molecule has 0 bridgehead atoms. The lowest BCUT2D eigenvalue weighted by atomic mass is 10.0. The third kappa shape index (κ3) is 3.20. The Balaban J connectivity index is 1.57. The van der Waals surface area contributed by atoms with Gasteiger partial charge in [0.2, 0.25) is 0 Å². The minimum atomic E-state index is 0.0412. The summed E-state index contributed by atoms with van der Waals surface area (Å²) >= 11 is 1.54. The number of nitrogens with one attached hydrogen (secondary N) is 1. The number of hydrogen-bond acceptors (Lipinski definition) is 6. The number of thioether (sulfide) groups is 1. The summed E-state index contributed by atoms with van der Waals surface area (Å²) in [5.41, 5.74) is 5.31. The number of imidazole rings is 1. The molecule has 0 saturated carbocycles. The van der Waals surface area contributed by atoms with Crippen molar-refractivity contribution >= 4 is 28.6 Å². The van der Waals surface area contributed by atoms with Gasteiger partial charge in [-0.1, -0.05) is 11.8 Å². The fourth-order valence-corrected chi connectivity index (χ4v) is 3.93. The van der Waals surface area contributed by atoms with E-state index >= 15 is 0 Å². The van der Waals surface area contributed by atoms with Crippen LogP contribution in [-0.4, -0.2) is 26.8 Å². The van der Waals surface area contributed by atoms with Crippen molar-refractivity contribution in [2.75, 3.05) is 0 Å². The highest BCUT2D eigenvalue weighted by Gasteiger charge is 2.22. The second kappa shape index (κ2) is 6.74. The Hall–Kier alpha value is -2.38. The zero-order valence-corrected chi connectivity index (χ0v) is 15.6. The Morgan fingerprint density at radius 1 is 1.42 bits per heavy atom. The van der Waals surface area contributed by atoms with Gasteiger partial charge in [0.25, 0.3) is 0 Å². The zero-order chi connectivity index (χ0) is 18.3. The number of nitrogens with zero attached hydrogens (tertiary/aromatic N) is 2. The molecule has 1 unspecified atom stereocenters. The van der Waals surface area contributed by atoms with Gasteiger partial charge in [0, 0.05) is 29.5 Å². The van der Waals surface area contributed by atoms with Gasteiger partial charge >= 0.3 is 0 Å². The predicted molar refractivity (Wildman–Crippen MR) is 99.5 cm³/mol. The zero-order valence-electron chi connectivity index (χ0n) is 14.8. The van der Waals surface area contributed by atoms with Crippen molar-refractivity contribution in [2.24, 2.45) is 0 Å². The van der Waals surface area contributed by atoms with Crippen molar-refractivity contribution in [3.05, 3.63) is 46.8 Å². The maximum absolute atomic E-state index is 11.7. The molecule has 6 nitrogen and oxygen atoms in total. The van der Waals surface area contributed by atoms with Crippen molar-refractivity contribution in [2.45, 2.75) is 44.2 Å². The van der Waals surface area contributed by atoms with Crippen molar-refractivity contribution in [1.29, 1.82) is 0 Å². The highest BCUT2D eigenvalue weighted by atomic mass is 32.2. The molecule has 1 aromatic carbocycles. The molecule has 0 spiro atoms. The molecule has 0 saturated heterocycles. The number of H-pyrrole nitrogens is 1. The van der Waals surface area contributed by atoms with Gasteiger partial charge in [0.1, 0.15) is 6.10 Å². The Morgan fingerprint density at radius 2 is 2.27 bits per heavy atom. The average molecular weight is 369 g/mol. The van der Waals surface area contributed by atoms with E-state index in [2.05, 4.69) is 15.0 Å². The molecule has 0 fully saturated rings. The number of pyridine rings is 1. The van der Waals surface area contributed by atoms with Crippen LogP contribution in [0.2, 0.25) is 0 Å². The van der Waals surface area contributed by atoms with Crippen molar-refractivity contribution in [3.8, 4) is 5.75 Å². The van der Waals surface area contributed by atoms with Crippen LogP contribution in [0.3, 0.4) is 0 Å². The van der Waals surface area contributed by atoms with Gasteiger partial charge in [0.05, 0.1) is 16.7 Å². The second-order valence-electron chi connectivity index (χ2n) is 6.51. The molecule has 134 valence electrons. The normalized spacial score (nSPS) is 16.3. The first kappa shape index (κ1) is 17.1. The Kier molecular flexibility index (Phi) is 4.42. The van der Waals surface area contributed by atoms with Crippen LogP contribution in [0.1, 0.15) is 41.0 Å². The van der Waals surface area contributed by atoms with Crippen LogP contribution in [0.15, 0.2) is 29.6 Å². The summed E-state index contributed by atoms with van der Waals surface area (Å²) in [5, 5.41) is 0.782. The van der Waals surface area contributed by atoms with E-state index in [1.165, 1.54) is 0 Å². The molecular weight excluding hydrogens is 350 g/mol. The predicted octanol–water partition coefficient (Wildman–Crippen LogP) is 4.02. The van der Waals surface area contributed by atoms with Gasteiger partial charge < -0.3 is 9.87 Å². The summed E-state index contributed by atoms with van der Waals surface area (Å²) in [6.45, 7) is 5.48. The van der Waals surface area contributed by atoms with Crippen LogP contribution < -0.4 is 4.89 Å². The number of hydrogen-bond donors (Lipinski definition) is 1. The number of Topliss-reactive ketones (excluding diaryl/α,β-unsaturated/α-hetero) is 1. The van der Waals surface area contributed by atoms with E-state index in [1.54, 1.807) is 24.9 Å². The van der Waals surface area contributed by atoms with E-state index in [-0.39, 0.29) is 11.9 Å². The summed E-state index contributed by atoms with van der Waals surface area (Å²) < 4.78 is 0. The van der Waals surface area contributed by atoms with Gasteiger partial charge in [-0.3, -0.25) is 9.78 Å². The second-order valence-corrected chi connectivity index (χ2v) is 7.48. The number of carbonyl (C=O) groups is 1. The number of benzene rings is 1. The molecule has 0 amide bonds. The number of carbonyl (C=O) groups excluding carboxylic acids is 1. The number of rotatable bonds is 4. The molecule has 1 N–H and O–H groups in total. The number of fused-ring (bicyclic) bond motifs is 2. The minimum absolute atomic E-state index is 0.0412. The van der Waals surface area contributed by atoms with Crippen LogP contribution in [0.5, 0.6) is 5.75 Å². The summed E-state index contributed by atoms with van der Waals surface area (Å²) in [7, 11) is 0. The lowest BCUT2D eigenvalue weighted by molar-refractivity contribution is -0.249. The first-order valence-electron chi connectivity index (χ1n) is 8.45. The third-order valence-electron chi connectivity index (χ3n) is 4.39. The summed E-state index contributed by atoms with van der Waals surface area (Å²) in [4.78, 5) is 34.7. The maximum Gasteiger partial charge on any atom is 0.190 e. The summed E-state index contributed by atoms with van der Waals surface area (Å²) in [5.74, 6) is 1.37. The number of aryl methyl sites for hydroxylation is 1. The van der Waals surface area contributed by atoms with E-state index < -0.39 is 0 Å². The first-order valence-corrected chi connectivity index (χ1v) is 9.44. The molecule has 1 aliphatic rings. The van der Waals surface area contributed by atoms with Gasteiger partial charge in [0.15, 0.2) is 16.7 Å². The Morgan fingerprint density at radius 3 is 3.08 bits per heavy atom. The standard InChI is InChI=1S/C19H19N3O3S/c1-10-6-15-16(8-14(10)12(3)23)22-19(21-15)26-9-17-18-13(4-5-20-17)7-11(2)24-25-18/h4-6,8,11H,7,9H2,1-3H3,(H,21,22). The molecule has 1 aliphatic heterocycles. The van der Waals surface area contributed by atoms with E-state index in [0.717, 1.165) is 39.4 Å². The van der Waals surface area contributed by atoms with Gasteiger partial charge in [-0.2, -0.15) is 4.89 Å². The van der Waals surface area contributed by atoms with Gasteiger partial charge in [-0.25, -0.2) is 4.98 Å². The number of aromatic amines is 1. The molecule has 2 aromatic heterocycles. The van der Waals surface area contributed by atoms with Crippen LogP contribution in [0.4, 0.5) is 0 Å². The van der Waals surface area contributed by atoms with E-state index in [0.29, 0.717) is 17.1 Å². The quantitative estimate of drug-likeness (QED) is 0.425. The molecular formula is C19H19N3O3S. The largest absolute Gasteiger partial charge is 0.335 e. The fraction of sp³-hybridized carbons (Fsp3) is 0.316. The molecule has 1 atom stereocenters. The van der Waals surface area contributed by atoms with Crippen molar-refractivity contribution in [1.82, 2.24) is 15.0 Å². The topological polar surface area (TPSA) is 77.1 Å². The fourth-order valence-electron chi connectivity index (χ4n) is 3.10. The maximum atomic E-state index is 11.7. The van der Waals surface area contributed by atoms with Gasteiger partial charge in [-0.15, -0.1) is 0 Å². The van der Waals surface area contributed by atoms with Crippen LogP contribution in [0, 0.1) is 6.92 Å². The Bertz CT molecular complexity index is 999.